The van der Waals surface area contributed by atoms with Crippen LogP contribution in [0.3, 0.4) is 0 Å². The van der Waals surface area contributed by atoms with Gasteiger partial charge in [0.05, 0.1) is 19.1 Å². The van der Waals surface area contributed by atoms with Gasteiger partial charge in [0.2, 0.25) is 5.91 Å². The average Bonchev–Trinajstić information content (AvgIpc) is 2.97. The van der Waals surface area contributed by atoms with Gasteiger partial charge in [-0.3, -0.25) is 24.5 Å². The molecular weight excluding hydrogens is 482 g/mol. The zero-order valence-corrected chi connectivity index (χ0v) is 22.1. The van der Waals surface area contributed by atoms with Crippen LogP contribution in [0.25, 0.3) is 0 Å². The maximum atomic E-state index is 13.4. The molecule has 0 saturated heterocycles. The van der Waals surface area contributed by atoms with Crippen molar-refractivity contribution in [3.8, 4) is 5.75 Å². The van der Waals surface area contributed by atoms with Crippen LogP contribution in [0.5, 0.6) is 5.75 Å². The lowest BCUT2D eigenvalue weighted by molar-refractivity contribution is -0.134. The summed E-state index contributed by atoms with van der Waals surface area (Å²) in [6.07, 6.45) is 6.58. The van der Waals surface area contributed by atoms with Gasteiger partial charge in [-0.05, 0) is 62.0 Å². The van der Waals surface area contributed by atoms with Gasteiger partial charge in [-0.2, -0.15) is 0 Å². The SMILES string of the molecule is CC(CO)N1C[C@@H](C)[C@H](CN(C)Cc2ccncc2)Oc2ccc(NC(=O)c3ccncc3)cc2CC1=O. The van der Waals surface area contributed by atoms with E-state index >= 15 is 0 Å². The zero-order chi connectivity index (χ0) is 27.1. The lowest BCUT2D eigenvalue weighted by atomic mass is 10.0. The number of likely N-dealkylation sites (N-methyl/N-ethyl adjacent to an activating group) is 1. The molecule has 0 radical (unpaired) electrons. The van der Waals surface area contributed by atoms with Gasteiger partial charge in [0, 0.05) is 67.2 Å². The molecule has 0 fully saturated rings. The minimum Gasteiger partial charge on any atom is -0.488 e. The van der Waals surface area contributed by atoms with Crippen LogP contribution in [-0.2, 0) is 17.8 Å². The molecular formula is C29H35N5O4. The Bertz CT molecular complexity index is 1220. The number of aliphatic hydroxyl groups excluding tert-OH is 1. The first-order chi connectivity index (χ1) is 18.3. The third-order valence-electron chi connectivity index (χ3n) is 6.81. The number of nitrogens with one attached hydrogen (secondary N) is 1. The Kier molecular flexibility index (Phi) is 9.04. The first kappa shape index (κ1) is 27.2. The summed E-state index contributed by atoms with van der Waals surface area (Å²) >= 11 is 0. The molecule has 38 heavy (non-hydrogen) atoms. The summed E-state index contributed by atoms with van der Waals surface area (Å²) in [6, 6.07) is 12.3. The van der Waals surface area contributed by atoms with Gasteiger partial charge in [-0.1, -0.05) is 6.92 Å². The zero-order valence-electron chi connectivity index (χ0n) is 22.1. The van der Waals surface area contributed by atoms with Crippen molar-refractivity contribution in [3.63, 3.8) is 0 Å². The molecule has 3 aromatic rings. The third-order valence-corrected chi connectivity index (χ3v) is 6.81. The molecule has 0 spiro atoms. The van der Waals surface area contributed by atoms with Crippen LogP contribution in [0, 0.1) is 5.92 Å². The molecule has 2 aromatic heterocycles. The summed E-state index contributed by atoms with van der Waals surface area (Å²) in [5, 5.41) is 12.8. The molecule has 0 saturated carbocycles. The maximum absolute atomic E-state index is 13.4. The number of rotatable bonds is 8. The molecule has 9 heteroatoms. The highest BCUT2D eigenvalue weighted by Gasteiger charge is 2.31. The van der Waals surface area contributed by atoms with Crippen molar-refractivity contribution in [2.45, 2.75) is 39.0 Å². The first-order valence-electron chi connectivity index (χ1n) is 12.8. The van der Waals surface area contributed by atoms with Crippen molar-refractivity contribution in [1.82, 2.24) is 19.8 Å². The number of nitrogens with zero attached hydrogens (tertiary/aromatic N) is 4. The molecule has 9 nitrogen and oxygen atoms in total. The van der Waals surface area contributed by atoms with Gasteiger partial charge >= 0.3 is 0 Å². The molecule has 200 valence electrons. The number of fused-ring (bicyclic) bond motifs is 1. The molecule has 1 unspecified atom stereocenters. The van der Waals surface area contributed by atoms with Crippen LogP contribution in [0.2, 0.25) is 0 Å². The Morgan fingerprint density at radius 1 is 1.16 bits per heavy atom. The normalized spacial score (nSPS) is 18.6. The fraction of sp³-hybridized carbons (Fsp3) is 0.379. The van der Waals surface area contributed by atoms with Crippen LogP contribution in [-0.4, -0.2) is 75.6 Å². The number of carbonyl (C=O) groups is 2. The number of carbonyl (C=O) groups excluding carboxylic acids is 2. The summed E-state index contributed by atoms with van der Waals surface area (Å²) in [5.41, 5.74) is 2.90. The number of aliphatic hydroxyl groups is 1. The highest BCUT2D eigenvalue weighted by Crippen LogP contribution is 2.29. The van der Waals surface area contributed by atoms with Crippen LogP contribution >= 0.6 is 0 Å². The van der Waals surface area contributed by atoms with E-state index in [1.165, 1.54) is 0 Å². The third kappa shape index (κ3) is 6.93. The van der Waals surface area contributed by atoms with Crippen LogP contribution in [0.1, 0.15) is 35.3 Å². The highest BCUT2D eigenvalue weighted by molar-refractivity contribution is 6.04. The van der Waals surface area contributed by atoms with Crippen molar-refractivity contribution in [1.29, 1.82) is 0 Å². The molecule has 3 atom stereocenters. The number of benzene rings is 1. The first-order valence-corrected chi connectivity index (χ1v) is 12.8. The van der Waals surface area contributed by atoms with E-state index in [2.05, 4.69) is 27.1 Å². The topological polar surface area (TPSA) is 108 Å². The molecule has 1 aliphatic rings. The molecule has 4 rings (SSSR count). The molecule has 1 aromatic carbocycles. The predicted molar refractivity (Wildman–Crippen MR) is 145 cm³/mol. The van der Waals surface area contributed by atoms with E-state index in [0.717, 1.165) is 12.1 Å². The highest BCUT2D eigenvalue weighted by atomic mass is 16.5. The second-order valence-electron chi connectivity index (χ2n) is 9.95. The number of anilines is 1. The molecule has 2 amide bonds. The lowest BCUT2D eigenvalue weighted by Crippen LogP contribution is -2.47. The fourth-order valence-electron chi connectivity index (χ4n) is 4.60. The van der Waals surface area contributed by atoms with E-state index in [-0.39, 0.29) is 42.9 Å². The van der Waals surface area contributed by atoms with Crippen LogP contribution in [0.4, 0.5) is 5.69 Å². The standard InChI is InChI=1S/C29H35N5O4/c1-20-16-34(21(2)19-35)28(36)15-24-14-25(32-29(37)23-8-12-31-13-9-23)4-5-26(24)38-27(20)18-33(3)17-22-6-10-30-11-7-22/h4-14,20-21,27,35H,15-19H2,1-3H3,(H,32,37)/t20-,21?,27+/m1/s1. The number of hydrogen-bond donors (Lipinski definition) is 2. The quantitative estimate of drug-likeness (QED) is 0.473. The summed E-state index contributed by atoms with van der Waals surface area (Å²) in [4.78, 5) is 38.1. The monoisotopic (exact) mass is 517 g/mol. The Morgan fingerprint density at radius 2 is 1.84 bits per heavy atom. The van der Waals surface area contributed by atoms with Gasteiger partial charge in [-0.25, -0.2) is 0 Å². The molecule has 0 bridgehead atoms. The van der Waals surface area contributed by atoms with E-state index < -0.39 is 0 Å². The number of pyridine rings is 2. The smallest absolute Gasteiger partial charge is 0.255 e. The molecule has 0 aliphatic carbocycles. The Morgan fingerprint density at radius 3 is 2.53 bits per heavy atom. The van der Waals surface area contributed by atoms with Crippen LogP contribution < -0.4 is 10.1 Å². The average molecular weight is 518 g/mol. The van der Waals surface area contributed by atoms with Crippen molar-refractivity contribution in [2.75, 3.05) is 32.1 Å². The summed E-state index contributed by atoms with van der Waals surface area (Å²) < 4.78 is 6.58. The van der Waals surface area contributed by atoms with Gasteiger partial charge in [0.15, 0.2) is 0 Å². The number of hydrogen-bond acceptors (Lipinski definition) is 7. The van der Waals surface area contributed by atoms with Crippen molar-refractivity contribution < 1.29 is 19.4 Å². The second kappa shape index (κ2) is 12.6. The molecule has 1 aliphatic heterocycles. The summed E-state index contributed by atoms with van der Waals surface area (Å²) in [5.74, 6) is 0.270. The summed E-state index contributed by atoms with van der Waals surface area (Å²) in [6.45, 7) is 5.63. The van der Waals surface area contributed by atoms with Gasteiger partial charge in [0.25, 0.3) is 5.91 Å². The predicted octanol–water partition coefficient (Wildman–Crippen LogP) is 3.01. The minimum atomic E-state index is -0.323. The van der Waals surface area contributed by atoms with E-state index in [1.807, 2.05) is 32.2 Å². The summed E-state index contributed by atoms with van der Waals surface area (Å²) in [7, 11) is 2.04. The Labute approximate surface area is 223 Å². The number of aromatic nitrogens is 2. The maximum Gasteiger partial charge on any atom is 0.255 e. The van der Waals surface area contributed by atoms with Gasteiger partial charge in [0.1, 0.15) is 11.9 Å². The number of ether oxygens (including phenoxy) is 1. The fourth-order valence-corrected chi connectivity index (χ4v) is 4.60. The Hall–Kier alpha value is -3.82. The Balaban J connectivity index is 1.60. The molecule has 2 N–H and O–H groups in total. The largest absolute Gasteiger partial charge is 0.488 e. The van der Waals surface area contributed by atoms with Crippen LogP contribution in [0.15, 0.2) is 67.3 Å². The van der Waals surface area contributed by atoms with Gasteiger partial charge < -0.3 is 20.1 Å². The van der Waals surface area contributed by atoms with Crippen molar-refractivity contribution in [2.24, 2.45) is 5.92 Å². The van der Waals surface area contributed by atoms with Crippen molar-refractivity contribution in [3.05, 3.63) is 83.9 Å². The lowest BCUT2D eigenvalue weighted by Gasteiger charge is -2.34. The van der Waals surface area contributed by atoms with E-state index in [1.54, 1.807) is 54.0 Å². The second-order valence-corrected chi connectivity index (χ2v) is 9.95. The van der Waals surface area contributed by atoms with Gasteiger partial charge in [-0.15, -0.1) is 0 Å². The van der Waals surface area contributed by atoms with E-state index in [4.69, 9.17) is 4.74 Å². The minimum absolute atomic E-state index is 0.00450. The van der Waals surface area contributed by atoms with E-state index in [0.29, 0.717) is 35.7 Å². The number of amides is 2. The molecule has 3 heterocycles. The van der Waals surface area contributed by atoms with E-state index in [9.17, 15) is 14.7 Å². The van der Waals surface area contributed by atoms with Crippen molar-refractivity contribution >= 4 is 17.5 Å².